The highest BCUT2D eigenvalue weighted by Gasteiger charge is 2.10. The lowest BCUT2D eigenvalue weighted by molar-refractivity contribution is -0.888. The summed E-state index contributed by atoms with van der Waals surface area (Å²) in [5, 5.41) is 0. The van der Waals surface area contributed by atoms with Crippen molar-refractivity contribution in [2.45, 2.75) is 128 Å². The Bertz CT molecular complexity index is 684. The lowest BCUT2D eigenvalue weighted by atomic mass is 10.0. The number of rotatable bonds is 19. The number of hydrogen-bond donors (Lipinski definition) is 1. The van der Waals surface area contributed by atoms with Gasteiger partial charge in [-0.25, -0.2) is 0 Å². The number of aryl methyl sites for hydroxylation is 1. The third kappa shape index (κ3) is 20.5. The van der Waals surface area contributed by atoms with Crippen molar-refractivity contribution in [2.24, 2.45) is 0 Å². The normalized spacial score (nSPS) is 11.8. The van der Waals surface area contributed by atoms with Crippen molar-refractivity contribution >= 4 is 10.1 Å². The zero-order valence-electron chi connectivity index (χ0n) is 23.2. The first-order valence-corrected chi connectivity index (χ1v) is 15.4. The van der Waals surface area contributed by atoms with Crippen molar-refractivity contribution in [1.29, 1.82) is 0 Å². The topological polar surface area (TPSA) is 54.4 Å². The molecule has 200 valence electrons. The van der Waals surface area contributed by atoms with Gasteiger partial charge in [-0.3, -0.25) is 4.55 Å². The van der Waals surface area contributed by atoms with E-state index in [0.717, 1.165) is 5.56 Å². The second kappa shape index (κ2) is 20.3. The van der Waals surface area contributed by atoms with Gasteiger partial charge in [0.25, 0.3) is 10.1 Å². The van der Waals surface area contributed by atoms with Gasteiger partial charge in [-0.15, -0.1) is 0 Å². The van der Waals surface area contributed by atoms with E-state index in [4.69, 9.17) is 4.55 Å². The maximum absolute atomic E-state index is 10.5. The van der Waals surface area contributed by atoms with Crippen LogP contribution in [0.4, 0.5) is 0 Å². The van der Waals surface area contributed by atoms with E-state index in [2.05, 4.69) is 27.9 Å². The molecular formula is C29H56NO3S+. The maximum atomic E-state index is 10.5. The molecule has 1 rings (SSSR count). The average molecular weight is 499 g/mol. The molecule has 1 aromatic carbocycles. The van der Waals surface area contributed by atoms with Gasteiger partial charge >= 0.3 is 0 Å². The molecule has 0 aliphatic carbocycles. The fourth-order valence-electron chi connectivity index (χ4n) is 3.96. The van der Waals surface area contributed by atoms with Crippen molar-refractivity contribution in [3.8, 4) is 0 Å². The third-order valence-corrected chi connectivity index (χ3v) is 7.66. The van der Waals surface area contributed by atoms with E-state index < -0.39 is 10.1 Å². The van der Waals surface area contributed by atoms with E-state index in [1.165, 1.54) is 132 Å². The zero-order valence-corrected chi connectivity index (χ0v) is 24.0. The summed E-state index contributed by atoms with van der Waals surface area (Å²) in [5.41, 5.74) is 0.956. The van der Waals surface area contributed by atoms with Crippen LogP contribution in [0.1, 0.15) is 122 Å². The minimum atomic E-state index is -4.02. The molecule has 0 amide bonds. The molecule has 0 bridgehead atoms. The van der Waals surface area contributed by atoms with Crippen LogP contribution >= 0.6 is 0 Å². The quantitative estimate of drug-likeness (QED) is 0.118. The number of nitrogens with zero attached hydrogens (tertiary/aromatic N) is 1. The van der Waals surface area contributed by atoms with Crippen molar-refractivity contribution < 1.29 is 17.5 Å². The Labute approximate surface area is 212 Å². The molecule has 0 unspecified atom stereocenters. The van der Waals surface area contributed by atoms with Crippen molar-refractivity contribution in [3.05, 3.63) is 29.8 Å². The number of quaternary nitrogens is 1. The summed E-state index contributed by atoms with van der Waals surface area (Å²) in [6.45, 7) is 9.06. The van der Waals surface area contributed by atoms with Gasteiger partial charge in [0.05, 0.1) is 32.1 Å². The molecular weight excluding hydrogens is 442 g/mol. The van der Waals surface area contributed by atoms with Crippen molar-refractivity contribution in [2.75, 3.05) is 27.2 Å². The fraction of sp³-hybridized carbons (Fsp3) is 0.793. The van der Waals surface area contributed by atoms with Crippen LogP contribution in [0.15, 0.2) is 29.2 Å². The smallest absolute Gasteiger partial charge is 0.294 e. The molecule has 0 radical (unpaired) electrons. The Balaban J connectivity index is 0.000000818. The first-order valence-electron chi connectivity index (χ1n) is 14.0. The van der Waals surface area contributed by atoms with Crippen LogP contribution in [-0.2, 0) is 10.1 Å². The average Bonchev–Trinajstić information content (AvgIpc) is 2.79. The van der Waals surface area contributed by atoms with Crippen LogP contribution in [0.25, 0.3) is 0 Å². The van der Waals surface area contributed by atoms with Crippen LogP contribution in [-0.4, -0.2) is 44.6 Å². The minimum absolute atomic E-state index is 0.0666. The van der Waals surface area contributed by atoms with Gasteiger partial charge in [0, 0.05) is 0 Å². The van der Waals surface area contributed by atoms with Gasteiger partial charge in [-0.1, -0.05) is 115 Å². The highest BCUT2D eigenvalue weighted by molar-refractivity contribution is 7.85. The predicted octanol–water partition coefficient (Wildman–Crippen LogP) is 8.59. The molecule has 0 saturated carbocycles. The molecule has 0 aromatic heterocycles. The second-order valence-corrected chi connectivity index (χ2v) is 12.0. The molecule has 34 heavy (non-hydrogen) atoms. The van der Waals surface area contributed by atoms with Gasteiger partial charge in [-0.05, 0) is 38.8 Å². The lowest BCUT2D eigenvalue weighted by Gasteiger charge is -2.28. The molecule has 0 aliphatic heterocycles. The lowest BCUT2D eigenvalue weighted by Crippen LogP contribution is -2.39. The van der Waals surface area contributed by atoms with Crippen LogP contribution < -0.4 is 0 Å². The molecule has 0 spiro atoms. The van der Waals surface area contributed by atoms with Gasteiger partial charge in [0.2, 0.25) is 0 Å². The standard InChI is InChI=1S/C22H48N.C7H8O3S/c1-5-7-8-9-10-11-12-13-14-15-16-17-18-19-20-21-22-23(3,4)6-2;1-6-2-4-7(5-3-6)11(8,9)10/h5-22H2,1-4H3;2-5H,1H3,(H,8,9,10)/q+1;. The van der Waals surface area contributed by atoms with E-state index in [1.54, 1.807) is 12.1 Å². The number of hydrogen-bond acceptors (Lipinski definition) is 2. The maximum Gasteiger partial charge on any atom is 0.294 e. The first kappa shape index (κ1) is 33.1. The Morgan fingerprint density at radius 2 is 1.00 bits per heavy atom. The second-order valence-electron chi connectivity index (χ2n) is 10.6. The molecule has 0 heterocycles. The summed E-state index contributed by atoms with van der Waals surface area (Å²) in [4.78, 5) is -0.0666. The number of benzene rings is 1. The fourth-order valence-corrected chi connectivity index (χ4v) is 4.44. The van der Waals surface area contributed by atoms with Gasteiger partial charge in [-0.2, -0.15) is 8.42 Å². The molecule has 1 aromatic rings. The minimum Gasteiger partial charge on any atom is -0.329 e. The van der Waals surface area contributed by atoms with E-state index in [9.17, 15) is 8.42 Å². The van der Waals surface area contributed by atoms with Crippen LogP contribution in [0, 0.1) is 6.92 Å². The summed E-state index contributed by atoms with van der Waals surface area (Å²) in [5.74, 6) is 0. The Morgan fingerprint density at radius 3 is 1.32 bits per heavy atom. The van der Waals surface area contributed by atoms with E-state index in [-0.39, 0.29) is 4.90 Å². The summed E-state index contributed by atoms with van der Waals surface area (Å²) in [6, 6.07) is 5.99. The highest BCUT2D eigenvalue weighted by atomic mass is 32.2. The van der Waals surface area contributed by atoms with Gasteiger partial charge < -0.3 is 4.48 Å². The summed E-state index contributed by atoms with van der Waals surface area (Å²) >= 11 is 0. The molecule has 5 heteroatoms. The Kier molecular flexibility index (Phi) is 19.8. The summed E-state index contributed by atoms with van der Waals surface area (Å²) < 4.78 is 30.7. The van der Waals surface area contributed by atoms with E-state index in [1.807, 2.05) is 6.92 Å². The summed E-state index contributed by atoms with van der Waals surface area (Å²) in [6.07, 6.45) is 23.4. The molecule has 1 N–H and O–H groups in total. The largest absolute Gasteiger partial charge is 0.329 e. The zero-order chi connectivity index (χ0) is 25.7. The molecule has 0 saturated heterocycles. The monoisotopic (exact) mass is 498 g/mol. The Hall–Kier alpha value is -0.910. The first-order chi connectivity index (χ1) is 16.1. The Morgan fingerprint density at radius 1 is 0.647 bits per heavy atom. The summed E-state index contributed by atoms with van der Waals surface area (Å²) in [7, 11) is 0.685. The van der Waals surface area contributed by atoms with Crippen molar-refractivity contribution in [3.63, 3.8) is 0 Å². The van der Waals surface area contributed by atoms with Crippen LogP contribution in [0.5, 0.6) is 0 Å². The van der Waals surface area contributed by atoms with Crippen LogP contribution in [0.3, 0.4) is 0 Å². The molecule has 0 atom stereocenters. The third-order valence-electron chi connectivity index (χ3n) is 6.79. The van der Waals surface area contributed by atoms with E-state index in [0.29, 0.717) is 0 Å². The molecule has 0 aliphatic rings. The van der Waals surface area contributed by atoms with Gasteiger partial charge in [0.1, 0.15) is 0 Å². The SMILES string of the molecule is CCCCCCCCCCCCCCCCCC[N+](C)(C)CC.Cc1ccc(S(=O)(=O)O)cc1. The highest BCUT2D eigenvalue weighted by Crippen LogP contribution is 2.14. The van der Waals surface area contributed by atoms with E-state index >= 15 is 0 Å². The molecule has 4 nitrogen and oxygen atoms in total. The van der Waals surface area contributed by atoms with Gasteiger partial charge in [0.15, 0.2) is 0 Å². The van der Waals surface area contributed by atoms with Crippen LogP contribution in [0.2, 0.25) is 0 Å². The molecule has 0 fully saturated rings. The number of unbranched alkanes of at least 4 members (excludes halogenated alkanes) is 15. The predicted molar refractivity (Wildman–Crippen MR) is 148 cm³/mol. The van der Waals surface area contributed by atoms with Crippen molar-refractivity contribution in [1.82, 2.24) is 0 Å².